The van der Waals surface area contributed by atoms with Crippen molar-refractivity contribution in [3.05, 3.63) is 244 Å². The number of hydrogen-bond donors (Lipinski definition) is 0. The van der Waals surface area contributed by atoms with Crippen LogP contribution in [0.4, 0.5) is 5.69 Å². The average molecular weight is 1050 g/mol. The van der Waals surface area contributed by atoms with Gasteiger partial charge >= 0.3 is 17.9 Å². The molecule has 2 aliphatic rings. The van der Waals surface area contributed by atoms with Crippen molar-refractivity contribution in [2.75, 3.05) is 13.2 Å². The van der Waals surface area contributed by atoms with Crippen molar-refractivity contribution in [2.24, 2.45) is 0 Å². The summed E-state index contributed by atoms with van der Waals surface area (Å²) in [7, 11) is 0. The number of carbonyl (C=O) groups excluding carboxylic acids is 3. The highest BCUT2D eigenvalue weighted by molar-refractivity contribution is 7.99. The lowest BCUT2D eigenvalue weighted by atomic mass is 9.98. The first-order valence-electron chi connectivity index (χ1n) is 24.6. The lowest BCUT2D eigenvalue weighted by Gasteiger charge is -2.45. The molecule has 390 valence electrons. The van der Waals surface area contributed by atoms with Crippen LogP contribution in [-0.4, -0.2) is 95.5 Å². The van der Waals surface area contributed by atoms with E-state index in [2.05, 4.69) is 4.98 Å². The van der Waals surface area contributed by atoms with Crippen molar-refractivity contribution < 1.29 is 61.9 Å². The molecule has 0 bridgehead atoms. The molecule has 2 fully saturated rings. The van der Waals surface area contributed by atoms with Gasteiger partial charge in [-0.2, -0.15) is 0 Å². The maximum absolute atomic E-state index is 14.3. The van der Waals surface area contributed by atoms with E-state index < -0.39 is 77.3 Å². The van der Waals surface area contributed by atoms with Crippen molar-refractivity contribution in [1.82, 2.24) is 4.98 Å². The van der Waals surface area contributed by atoms with Crippen molar-refractivity contribution >= 4 is 35.4 Å². The number of aromatic nitrogens is 1. The van der Waals surface area contributed by atoms with Gasteiger partial charge in [0.2, 0.25) is 0 Å². The van der Waals surface area contributed by atoms with E-state index in [0.717, 1.165) is 34.6 Å². The van der Waals surface area contributed by atoms with E-state index in [-0.39, 0.29) is 60.3 Å². The van der Waals surface area contributed by atoms with E-state index in [1.807, 2.05) is 91.0 Å². The van der Waals surface area contributed by atoms with Crippen LogP contribution in [0.15, 0.2) is 205 Å². The minimum Gasteiger partial charge on any atom is -0.452 e. The molecule has 0 aliphatic carbocycles. The molecule has 2 saturated heterocycles. The molecular formula is C59H54N2O14S. The summed E-state index contributed by atoms with van der Waals surface area (Å²) in [6.45, 7) is 0.534. The number of ether oxygens (including phenoxy) is 9. The third-order valence-electron chi connectivity index (χ3n) is 12.4. The summed E-state index contributed by atoms with van der Waals surface area (Å²) in [5.74, 6) is -2.42. The highest BCUT2D eigenvalue weighted by atomic mass is 32.2. The summed E-state index contributed by atoms with van der Waals surface area (Å²) >= 11 is 0.951. The smallest absolute Gasteiger partial charge is 0.338 e. The van der Waals surface area contributed by atoms with E-state index in [0.29, 0.717) is 6.61 Å². The first-order valence-corrected chi connectivity index (χ1v) is 25.5. The maximum atomic E-state index is 14.3. The number of esters is 3. The summed E-state index contributed by atoms with van der Waals surface area (Å²) < 4.78 is 59.0. The Kier molecular flexibility index (Phi) is 18.7. The van der Waals surface area contributed by atoms with Crippen LogP contribution in [0.3, 0.4) is 0 Å². The fraction of sp³-hybridized carbons (Fsp3) is 0.254. The number of nitro groups is 1. The average Bonchev–Trinajstić information content (AvgIpc) is 3.49. The van der Waals surface area contributed by atoms with E-state index in [1.54, 1.807) is 91.0 Å². The number of benzene rings is 6. The number of hydrogen-bond acceptors (Lipinski definition) is 16. The van der Waals surface area contributed by atoms with E-state index in [1.165, 1.54) is 12.1 Å². The number of carbonyl (C=O) groups is 3. The molecule has 76 heavy (non-hydrogen) atoms. The fourth-order valence-electron chi connectivity index (χ4n) is 8.60. The molecule has 0 unspecified atom stereocenters. The third-order valence-corrected chi connectivity index (χ3v) is 13.5. The predicted octanol–water partition coefficient (Wildman–Crippen LogP) is 10.0. The van der Waals surface area contributed by atoms with Gasteiger partial charge in [0.25, 0.3) is 5.69 Å². The number of pyridine rings is 1. The fourth-order valence-corrected chi connectivity index (χ4v) is 9.64. The molecule has 0 N–H and O–H groups in total. The lowest BCUT2D eigenvalue weighted by molar-refractivity contribution is -0.385. The van der Waals surface area contributed by atoms with E-state index in [4.69, 9.17) is 42.6 Å². The summed E-state index contributed by atoms with van der Waals surface area (Å²) in [5.41, 5.74) is 1.83. The van der Waals surface area contributed by atoms with Gasteiger partial charge in [-0.15, -0.1) is 0 Å². The van der Waals surface area contributed by atoms with E-state index in [9.17, 15) is 24.5 Å². The van der Waals surface area contributed by atoms with Crippen molar-refractivity contribution in [2.45, 2.75) is 85.7 Å². The van der Waals surface area contributed by atoms with E-state index >= 15 is 0 Å². The zero-order valence-corrected chi connectivity index (χ0v) is 41.8. The molecule has 17 heteroatoms. The first kappa shape index (κ1) is 53.2. The van der Waals surface area contributed by atoms with Gasteiger partial charge in [-0.3, -0.25) is 10.1 Å². The molecule has 9 rings (SSSR count). The van der Waals surface area contributed by atoms with Gasteiger partial charge in [-0.1, -0.05) is 157 Å². The Balaban J connectivity index is 1.06. The van der Waals surface area contributed by atoms with Gasteiger partial charge in [0.15, 0.2) is 30.0 Å². The van der Waals surface area contributed by atoms with Crippen LogP contribution in [0.5, 0.6) is 0 Å². The first-order chi connectivity index (χ1) is 37.2. The van der Waals surface area contributed by atoms with Gasteiger partial charge in [0, 0.05) is 12.5 Å². The zero-order chi connectivity index (χ0) is 52.5. The standard InChI is InChI=1S/C59H54N2O14S/c62-56(43-25-13-4-14-26-43)73-53-49(72-59(76-50-32-31-46(34-60-50)61(65)66)55(75-58(64)45-29-17-6-18-30-45)54(53)74-57(63)44-27-15-5-16-28-44)39-69-51-33-47(68-36-41-21-9-2-10-22-41)52(70-37-42-23-11-3-12-24-42)48(71-51)38-67-35-40-19-7-1-8-20-40/h1-32,34,47-49,51-55,59H,33,35-39H2/t47-,48-,49-,51-,52-,53-,54+,55-,59+/m1/s1. The number of nitrogens with zero attached hydrogens (tertiary/aromatic N) is 2. The quantitative estimate of drug-likeness (QED) is 0.0269. The number of rotatable bonds is 22. The van der Waals surface area contributed by atoms with Crippen molar-refractivity contribution in [3.63, 3.8) is 0 Å². The molecule has 0 amide bonds. The van der Waals surface area contributed by atoms with Crippen LogP contribution >= 0.6 is 11.8 Å². The Morgan fingerprint density at radius 1 is 0.513 bits per heavy atom. The Labute approximate surface area is 443 Å². The van der Waals surface area contributed by atoms with Gasteiger partial charge in [-0.05, 0) is 59.2 Å². The molecule has 9 atom stereocenters. The molecular weight excluding hydrogens is 993 g/mol. The molecule has 0 radical (unpaired) electrons. The lowest BCUT2D eigenvalue weighted by Crippen LogP contribution is -2.62. The molecule has 0 spiro atoms. The molecule has 6 aromatic carbocycles. The van der Waals surface area contributed by atoms with Crippen LogP contribution < -0.4 is 0 Å². The Hall–Kier alpha value is -7.61. The van der Waals surface area contributed by atoms with Gasteiger partial charge in [-0.25, -0.2) is 19.4 Å². The molecule has 16 nitrogen and oxygen atoms in total. The second-order valence-electron chi connectivity index (χ2n) is 17.8. The monoisotopic (exact) mass is 1050 g/mol. The summed E-state index contributed by atoms with van der Waals surface area (Å²) in [6, 6.07) is 56.5. The minimum absolute atomic E-state index is 0.0869. The molecule has 0 saturated carbocycles. The normalized spacial score (nSPS) is 22.2. The second kappa shape index (κ2) is 26.7. The molecule has 2 aliphatic heterocycles. The highest BCUT2D eigenvalue weighted by Crippen LogP contribution is 2.39. The van der Waals surface area contributed by atoms with Crippen molar-refractivity contribution in [1.29, 1.82) is 0 Å². The van der Waals surface area contributed by atoms with Gasteiger partial charge < -0.3 is 42.6 Å². The molecule has 7 aromatic rings. The Bertz CT molecular complexity index is 2930. The van der Waals surface area contributed by atoms with Crippen LogP contribution in [0.1, 0.15) is 54.2 Å². The van der Waals surface area contributed by atoms with Gasteiger partial charge in [0.1, 0.15) is 24.5 Å². The number of thioether (sulfide) groups is 1. The van der Waals surface area contributed by atoms with Crippen molar-refractivity contribution in [3.8, 4) is 0 Å². The summed E-state index contributed by atoms with van der Waals surface area (Å²) in [5, 5.41) is 11.9. The molecule has 1 aromatic heterocycles. The van der Waals surface area contributed by atoms with Crippen LogP contribution in [0, 0.1) is 10.1 Å². The van der Waals surface area contributed by atoms with Gasteiger partial charge in [0.05, 0.1) is 65.8 Å². The topological polar surface area (TPSA) is 190 Å². The van der Waals surface area contributed by atoms with Crippen LogP contribution in [0.2, 0.25) is 0 Å². The highest BCUT2D eigenvalue weighted by Gasteiger charge is 2.54. The molecule has 3 heterocycles. The SMILES string of the molecule is O=C(O[C@@H]1[C@@H](OC(=O)c2ccccc2)[C@H](Sc2ccc([N+](=O)[O-])cn2)O[C@H](CO[C@H]2C[C@@H](OCc3ccccc3)[C@@H](OCc3ccccc3)[C@@H](COCc3ccccc3)O2)[C@H]1OC(=O)c1ccccc1)c1ccccc1. The predicted molar refractivity (Wildman–Crippen MR) is 278 cm³/mol. The zero-order valence-electron chi connectivity index (χ0n) is 41.0. The van der Waals surface area contributed by atoms with Crippen LogP contribution in [-0.2, 0) is 62.5 Å². The summed E-state index contributed by atoms with van der Waals surface area (Å²) in [4.78, 5) is 58.0. The van der Waals surface area contributed by atoms with Crippen LogP contribution in [0.25, 0.3) is 0 Å². The Morgan fingerprint density at radius 2 is 0.974 bits per heavy atom. The second-order valence-corrected chi connectivity index (χ2v) is 18.9. The third kappa shape index (κ3) is 14.6. The minimum atomic E-state index is -1.56. The largest absolute Gasteiger partial charge is 0.452 e. The maximum Gasteiger partial charge on any atom is 0.338 e. The summed E-state index contributed by atoms with van der Waals surface area (Å²) in [6.07, 6.45) is -7.56. The Morgan fingerprint density at radius 3 is 1.47 bits per heavy atom.